The zero-order valence-electron chi connectivity index (χ0n) is 15.3. The van der Waals surface area contributed by atoms with Crippen molar-refractivity contribution in [1.29, 1.82) is 0 Å². The first-order valence-electron chi connectivity index (χ1n) is 8.54. The van der Waals surface area contributed by atoms with Gasteiger partial charge in [0, 0.05) is 30.3 Å². The maximum absolute atomic E-state index is 12.7. The number of carbonyl (C=O) groups is 2. The Hall–Kier alpha value is -2.28. The van der Waals surface area contributed by atoms with Crippen LogP contribution in [-0.2, 0) is 20.7 Å². The van der Waals surface area contributed by atoms with Crippen molar-refractivity contribution in [3.8, 4) is 0 Å². The Morgan fingerprint density at radius 1 is 1.38 bits per heavy atom. The molecule has 1 unspecified atom stereocenters. The summed E-state index contributed by atoms with van der Waals surface area (Å²) in [7, 11) is 0. The Balaban J connectivity index is 2.08. The lowest BCUT2D eigenvalue weighted by molar-refractivity contribution is -0.150. The molecule has 2 aromatic heterocycles. The van der Waals surface area contributed by atoms with Gasteiger partial charge in [0.1, 0.15) is 11.2 Å². The van der Waals surface area contributed by atoms with E-state index in [9.17, 15) is 9.59 Å². The summed E-state index contributed by atoms with van der Waals surface area (Å²) in [5.74, 6) is -0.504. The molecule has 1 atom stereocenters. The van der Waals surface area contributed by atoms with Crippen LogP contribution in [0.1, 0.15) is 45.1 Å². The molecule has 0 aliphatic carbocycles. The van der Waals surface area contributed by atoms with Crippen molar-refractivity contribution in [1.82, 2.24) is 14.3 Å². The largest absolute Gasteiger partial charge is 0.464 e. The van der Waals surface area contributed by atoms with Crippen molar-refractivity contribution in [3.05, 3.63) is 34.7 Å². The first-order chi connectivity index (χ1) is 12.2. The number of esters is 1. The van der Waals surface area contributed by atoms with Crippen LogP contribution in [0.3, 0.4) is 0 Å². The molecule has 3 heterocycles. The van der Waals surface area contributed by atoms with Crippen molar-refractivity contribution in [3.63, 3.8) is 0 Å². The standard InChI is InChI=1S/C18H22ClN3O4/c1-5-25-16(23)15-14-12(20-13-10-11(19)6-8-21(13)14)7-9-22(15)17(24)26-18(2,3)4/h6,8,10,15H,5,7,9H2,1-4H3. The Labute approximate surface area is 156 Å². The van der Waals surface area contributed by atoms with E-state index in [1.54, 1.807) is 50.4 Å². The number of hydrogen-bond acceptors (Lipinski definition) is 5. The Morgan fingerprint density at radius 3 is 2.77 bits per heavy atom. The molecular weight excluding hydrogens is 358 g/mol. The molecule has 1 aliphatic rings. The van der Waals surface area contributed by atoms with Gasteiger partial charge in [0.15, 0.2) is 6.04 Å². The molecule has 140 valence electrons. The highest BCUT2D eigenvalue weighted by molar-refractivity contribution is 6.30. The summed E-state index contributed by atoms with van der Waals surface area (Å²) in [6.07, 6.45) is 1.71. The fourth-order valence-corrected chi connectivity index (χ4v) is 3.20. The maximum atomic E-state index is 12.7. The molecule has 0 fully saturated rings. The molecule has 26 heavy (non-hydrogen) atoms. The summed E-state index contributed by atoms with van der Waals surface area (Å²) in [4.78, 5) is 31.4. The average Bonchev–Trinajstić information content (AvgIpc) is 2.89. The Morgan fingerprint density at radius 2 is 2.12 bits per heavy atom. The lowest BCUT2D eigenvalue weighted by Gasteiger charge is -2.35. The molecule has 1 aliphatic heterocycles. The predicted octanol–water partition coefficient (Wildman–Crippen LogP) is 3.39. The quantitative estimate of drug-likeness (QED) is 0.748. The fraction of sp³-hybridized carbons (Fsp3) is 0.500. The second kappa shape index (κ2) is 6.79. The van der Waals surface area contributed by atoms with Crippen molar-refractivity contribution < 1.29 is 19.1 Å². The van der Waals surface area contributed by atoms with Gasteiger partial charge in [-0.25, -0.2) is 14.6 Å². The van der Waals surface area contributed by atoms with Gasteiger partial charge < -0.3 is 13.9 Å². The topological polar surface area (TPSA) is 73.1 Å². The molecule has 0 saturated carbocycles. The van der Waals surface area contributed by atoms with Crippen LogP contribution in [0.15, 0.2) is 18.3 Å². The van der Waals surface area contributed by atoms with Gasteiger partial charge in [-0.15, -0.1) is 0 Å². The molecule has 0 saturated heterocycles. The third-order valence-electron chi connectivity index (χ3n) is 4.00. The number of nitrogens with zero attached hydrogens (tertiary/aromatic N) is 3. The second-order valence-electron chi connectivity index (χ2n) is 7.10. The van der Waals surface area contributed by atoms with Gasteiger partial charge in [-0.3, -0.25) is 4.90 Å². The van der Waals surface area contributed by atoms with Crippen molar-refractivity contribution in [2.45, 2.75) is 45.8 Å². The van der Waals surface area contributed by atoms with Gasteiger partial charge >= 0.3 is 12.1 Å². The zero-order valence-corrected chi connectivity index (χ0v) is 16.0. The van der Waals surface area contributed by atoms with Gasteiger partial charge in [-0.05, 0) is 33.8 Å². The predicted molar refractivity (Wildman–Crippen MR) is 96.2 cm³/mol. The van der Waals surface area contributed by atoms with Crippen molar-refractivity contribution in [2.24, 2.45) is 0 Å². The third kappa shape index (κ3) is 3.49. The number of pyridine rings is 1. The summed E-state index contributed by atoms with van der Waals surface area (Å²) >= 11 is 6.05. The van der Waals surface area contributed by atoms with E-state index in [1.165, 1.54) is 4.90 Å². The van der Waals surface area contributed by atoms with E-state index in [4.69, 9.17) is 21.1 Å². The molecule has 8 heteroatoms. The molecule has 3 rings (SSSR count). The van der Waals surface area contributed by atoms with Gasteiger partial charge in [0.25, 0.3) is 0 Å². The number of fused-ring (bicyclic) bond motifs is 3. The van der Waals surface area contributed by atoms with Gasteiger partial charge in [0.05, 0.1) is 18.0 Å². The third-order valence-corrected chi connectivity index (χ3v) is 4.23. The van der Waals surface area contributed by atoms with Crippen LogP contribution in [-0.4, -0.2) is 45.1 Å². The number of halogens is 1. The van der Waals surface area contributed by atoms with Gasteiger partial charge in [-0.1, -0.05) is 11.6 Å². The highest BCUT2D eigenvalue weighted by Gasteiger charge is 2.41. The average molecular weight is 380 g/mol. The minimum atomic E-state index is -0.912. The van der Waals surface area contributed by atoms with Gasteiger partial charge in [-0.2, -0.15) is 0 Å². The Kier molecular flexibility index (Phi) is 4.84. The summed E-state index contributed by atoms with van der Waals surface area (Å²) in [5.41, 5.74) is 1.34. The Bertz CT molecular complexity index is 856. The molecule has 0 spiro atoms. The van der Waals surface area contributed by atoms with E-state index in [0.717, 1.165) is 5.69 Å². The van der Waals surface area contributed by atoms with E-state index in [2.05, 4.69) is 4.98 Å². The van der Waals surface area contributed by atoms with Crippen LogP contribution in [0.25, 0.3) is 5.65 Å². The number of rotatable bonds is 2. The minimum absolute atomic E-state index is 0.218. The highest BCUT2D eigenvalue weighted by atomic mass is 35.5. The molecular formula is C18H22ClN3O4. The van der Waals surface area contributed by atoms with Crippen LogP contribution in [0.5, 0.6) is 0 Å². The van der Waals surface area contributed by atoms with E-state index in [-0.39, 0.29) is 6.61 Å². The number of ether oxygens (including phenoxy) is 2. The smallest absolute Gasteiger partial charge is 0.411 e. The fourth-order valence-electron chi connectivity index (χ4n) is 3.04. The number of hydrogen-bond donors (Lipinski definition) is 0. The van der Waals surface area contributed by atoms with Crippen LogP contribution < -0.4 is 0 Å². The van der Waals surface area contributed by atoms with Crippen LogP contribution in [0.2, 0.25) is 5.02 Å². The molecule has 0 aromatic carbocycles. The highest BCUT2D eigenvalue weighted by Crippen LogP contribution is 2.33. The monoisotopic (exact) mass is 379 g/mol. The molecule has 0 bridgehead atoms. The summed E-state index contributed by atoms with van der Waals surface area (Å²) in [6.45, 7) is 7.63. The van der Waals surface area contributed by atoms with Crippen molar-refractivity contribution >= 4 is 29.3 Å². The molecule has 1 amide bonds. The number of carbonyl (C=O) groups excluding carboxylic acids is 2. The summed E-state index contributed by atoms with van der Waals surface area (Å²) in [6, 6.07) is 2.52. The van der Waals surface area contributed by atoms with E-state index in [1.807, 2.05) is 0 Å². The summed E-state index contributed by atoms with van der Waals surface area (Å²) in [5, 5.41) is 0.552. The summed E-state index contributed by atoms with van der Waals surface area (Å²) < 4.78 is 12.5. The van der Waals surface area contributed by atoms with Crippen LogP contribution in [0.4, 0.5) is 4.79 Å². The molecule has 2 aromatic rings. The lowest BCUT2D eigenvalue weighted by atomic mass is 10.0. The van der Waals surface area contributed by atoms with Gasteiger partial charge in [0.2, 0.25) is 0 Å². The maximum Gasteiger partial charge on any atom is 0.411 e. The first-order valence-corrected chi connectivity index (χ1v) is 8.91. The number of imidazole rings is 1. The molecule has 0 N–H and O–H groups in total. The van der Waals surface area contributed by atoms with E-state index >= 15 is 0 Å². The van der Waals surface area contributed by atoms with E-state index in [0.29, 0.717) is 29.3 Å². The normalized spacial score (nSPS) is 17.1. The second-order valence-corrected chi connectivity index (χ2v) is 7.53. The first kappa shape index (κ1) is 18.5. The minimum Gasteiger partial charge on any atom is -0.464 e. The van der Waals surface area contributed by atoms with E-state index < -0.39 is 23.7 Å². The number of amides is 1. The lowest BCUT2D eigenvalue weighted by Crippen LogP contribution is -2.46. The molecule has 7 nitrogen and oxygen atoms in total. The van der Waals surface area contributed by atoms with Crippen molar-refractivity contribution in [2.75, 3.05) is 13.2 Å². The molecule has 0 radical (unpaired) electrons. The van der Waals surface area contributed by atoms with Crippen LogP contribution >= 0.6 is 11.6 Å². The SMILES string of the molecule is CCOC(=O)C1c2c(nc3cc(Cl)ccn23)CCN1C(=O)OC(C)(C)C. The van der Waals surface area contributed by atoms with Crippen LogP contribution in [0, 0.1) is 0 Å². The zero-order chi connectivity index (χ0) is 19.1. The number of aromatic nitrogens is 2.